The van der Waals surface area contributed by atoms with Crippen LogP contribution < -0.4 is 10.1 Å². The van der Waals surface area contributed by atoms with Crippen molar-refractivity contribution in [2.75, 3.05) is 45.4 Å². The average Bonchev–Trinajstić information content (AvgIpc) is 2.29. The van der Waals surface area contributed by atoms with Crippen LogP contribution in [0, 0.1) is 0 Å². The normalized spacial score (nSPS) is 10.6. The van der Waals surface area contributed by atoms with E-state index in [1.807, 2.05) is 6.92 Å². The minimum atomic E-state index is 0.734. The number of thioether (sulfide) groups is 1. The summed E-state index contributed by atoms with van der Waals surface area (Å²) in [6.45, 7) is 3.85. The molecule has 1 N–H and O–H groups in total. The second-order valence-corrected chi connectivity index (χ2v) is 4.83. The molecule has 0 aromatic carbocycles. The summed E-state index contributed by atoms with van der Waals surface area (Å²) >= 11 is 1.68. The van der Waals surface area contributed by atoms with Crippen LogP contribution in [-0.2, 0) is 0 Å². The van der Waals surface area contributed by atoms with Crippen LogP contribution in [0.15, 0.2) is 11.4 Å². The van der Waals surface area contributed by atoms with Gasteiger partial charge in [0.2, 0.25) is 0 Å². The molecule has 96 valence electrons. The van der Waals surface area contributed by atoms with Crippen LogP contribution in [0.4, 0.5) is 5.82 Å². The minimum absolute atomic E-state index is 0.734. The van der Waals surface area contributed by atoms with Crippen LogP contribution in [0.1, 0.15) is 6.92 Å². The zero-order valence-electron chi connectivity index (χ0n) is 10.9. The number of nitrogens with one attached hydrogen (secondary N) is 1. The summed E-state index contributed by atoms with van der Waals surface area (Å²) < 4.78 is 5.36. The van der Waals surface area contributed by atoms with Crippen LogP contribution in [0.2, 0.25) is 0 Å². The van der Waals surface area contributed by atoms with Gasteiger partial charge in [-0.25, -0.2) is 9.97 Å². The van der Waals surface area contributed by atoms with Crippen molar-refractivity contribution in [1.29, 1.82) is 0 Å². The van der Waals surface area contributed by atoms with E-state index in [0.29, 0.717) is 0 Å². The van der Waals surface area contributed by atoms with E-state index in [-0.39, 0.29) is 0 Å². The van der Waals surface area contributed by atoms with Gasteiger partial charge in [0.15, 0.2) is 11.6 Å². The van der Waals surface area contributed by atoms with Crippen molar-refractivity contribution in [3.8, 4) is 5.75 Å². The summed E-state index contributed by atoms with van der Waals surface area (Å²) in [6, 6.07) is 0. The predicted molar refractivity (Wildman–Crippen MR) is 72.0 cm³/mol. The van der Waals surface area contributed by atoms with Crippen LogP contribution >= 0.6 is 11.8 Å². The van der Waals surface area contributed by atoms with Crippen molar-refractivity contribution in [2.45, 2.75) is 11.9 Å². The zero-order valence-corrected chi connectivity index (χ0v) is 11.7. The van der Waals surface area contributed by atoms with Gasteiger partial charge in [-0.05, 0) is 21.0 Å². The predicted octanol–water partition coefficient (Wildman–Crippen LogP) is 1.57. The topological polar surface area (TPSA) is 50.3 Å². The summed E-state index contributed by atoms with van der Waals surface area (Å²) in [7, 11) is 5.76. The largest absolute Gasteiger partial charge is 0.490 e. The van der Waals surface area contributed by atoms with Crippen molar-refractivity contribution in [3.05, 3.63) is 6.33 Å². The van der Waals surface area contributed by atoms with Crippen LogP contribution in [0.5, 0.6) is 5.75 Å². The van der Waals surface area contributed by atoms with Gasteiger partial charge in [0.05, 0.1) is 7.11 Å². The molecule has 0 radical (unpaired) electrons. The van der Waals surface area contributed by atoms with Crippen molar-refractivity contribution in [1.82, 2.24) is 14.9 Å². The second-order valence-electron chi connectivity index (χ2n) is 3.74. The molecular weight excluding hydrogens is 236 g/mol. The smallest absolute Gasteiger partial charge is 0.193 e. The van der Waals surface area contributed by atoms with E-state index in [9.17, 15) is 0 Å². The summed E-state index contributed by atoms with van der Waals surface area (Å²) in [4.78, 5) is 10.6. The van der Waals surface area contributed by atoms with Gasteiger partial charge in [-0.2, -0.15) is 0 Å². The third-order valence-electron chi connectivity index (χ3n) is 2.10. The maximum Gasteiger partial charge on any atom is 0.193 e. The Balaban J connectivity index is 2.73. The third kappa shape index (κ3) is 4.40. The molecule has 0 unspecified atom stereocenters. The molecule has 0 saturated heterocycles. The first kappa shape index (κ1) is 14.1. The number of rotatable bonds is 7. The first-order valence-electron chi connectivity index (χ1n) is 5.59. The first-order valence-corrected chi connectivity index (χ1v) is 6.58. The Bertz CT molecular complexity index is 346. The molecule has 0 aliphatic carbocycles. The van der Waals surface area contributed by atoms with E-state index in [4.69, 9.17) is 4.74 Å². The molecule has 0 spiro atoms. The first-order chi connectivity index (χ1) is 8.19. The third-order valence-corrected chi connectivity index (χ3v) is 3.05. The lowest BCUT2D eigenvalue weighted by Gasteiger charge is -2.13. The number of nitrogens with zero attached hydrogens (tertiary/aromatic N) is 3. The van der Waals surface area contributed by atoms with Gasteiger partial charge < -0.3 is 15.0 Å². The van der Waals surface area contributed by atoms with Crippen LogP contribution in [0.3, 0.4) is 0 Å². The molecular formula is C11H20N4OS. The van der Waals surface area contributed by atoms with E-state index >= 15 is 0 Å². The molecule has 1 heterocycles. The lowest BCUT2D eigenvalue weighted by atomic mass is 10.5. The van der Waals surface area contributed by atoms with Crippen molar-refractivity contribution >= 4 is 17.6 Å². The molecule has 0 fully saturated rings. The van der Waals surface area contributed by atoms with E-state index in [1.165, 1.54) is 0 Å². The number of ether oxygens (including phenoxy) is 1. The number of anilines is 1. The zero-order chi connectivity index (χ0) is 12.7. The molecule has 1 aromatic heterocycles. The quantitative estimate of drug-likeness (QED) is 0.590. The van der Waals surface area contributed by atoms with E-state index in [2.05, 4.69) is 34.3 Å². The molecule has 0 saturated carbocycles. The highest BCUT2D eigenvalue weighted by molar-refractivity contribution is 7.99. The van der Waals surface area contributed by atoms with E-state index < -0.39 is 0 Å². The summed E-state index contributed by atoms with van der Waals surface area (Å²) in [5.41, 5.74) is 0. The molecule has 0 aliphatic rings. The Morgan fingerprint density at radius 3 is 2.76 bits per heavy atom. The van der Waals surface area contributed by atoms with Crippen LogP contribution in [-0.4, -0.2) is 54.9 Å². The monoisotopic (exact) mass is 256 g/mol. The van der Waals surface area contributed by atoms with Gasteiger partial charge in [0, 0.05) is 18.8 Å². The molecule has 5 nitrogen and oxygen atoms in total. The fourth-order valence-electron chi connectivity index (χ4n) is 1.26. The van der Waals surface area contributed by atoms with Gasteiger partial charge in [0.25, 0.3) is 0 Å². The molecule has 0 atom stereocenters. The van der Waals surface area contributed by atoms with Gasteiger partial charge in [-0.15, -0.1) is 11.8 Å². The van der Waals surface area contributed by atoms with Crippen molar-refractivity contribution in [3.63, 3.8) is 0 Å². The molecule has 0 aliphatic heterocycles. The van der Waals surface area contributed by atoms with Crippen molar-refractivity contribution < 1.29 is 4.74 Å². The van der Waals surface area contributed by atoms with Gasteiger partial charge in [0.1, 0.15) is 11.4 Å². The Morgan fingerprint density at radius 1 is 1.41 bits per heavy atom. The average molecular weight is 256 g/mol. The number of methoxy groups -OCH3 is 1. The van der Waals surface area contributed by atoms with Gasteiger partial charge in [-0.1, -0.05) is 0 Å². The molecule has 17 heavy (non-hydrogen) atoms. The maximum atomic E-state index is 5.36. The van der Waals surface area contributed by atoms with E-state index in [1.54, 1.807) is 25.2 Å². The van der Waals surface area contributed by atoms with E-state index in [0.717, 1.165) is 35.4 Å². The summed E-state index contributed by atoms with van der Waals surface area (Å²) in [6.07, 6.45) is 1.57. The highest BCUT2D eigenvalue weighted by atomic mass is 32.2. The summed E-state index contributed by atoms with van der Waals surface area (Å²) in [5.74, 6) is 2.47. The Hall–Kier alpha value is -1.01. The SMILES string of the molecule is CCNc1ncnc(SCCN(C)C)c1OC. The van der Waals surface area contributed by atoms with Gasteiger partial charge >= 0.3 is 0 Å². The fraction of sp³-hybridized carbons (Fsp3) is 0.636. The molecule has 1 rings (SSSR count). The van der Waals surface area contributed by atoms with Crippen LogP contribution in [0.25, 0.3) is 0 Å². The molecule has 0 bridgehead atoms. The molecule has 1 aromatic rings. The highest BCUT2D eigenvalue weighted by Gasteiger charge is 2.11. The lowest BCUT2D eigenvalue weighted by molar-refractivity contribution is 0.400. The Labute approximate surface area is 107 Å². The Kier molecular flexibility index (Phi) is 6.07. The lowest BCUT2D eigenvalue weighted by Crippen LogP contribution is -2.15. The Morgan fingerprint density at radius 2 is 2.18 bits per heavy atom. The number of aromatic nitrogens is 2. The minimum Gasteiger partial charge on any atom is -0.490 e. The highest BCUT2D eigenvalue weighted by Crippen LogP contribution is 2.31. The number of hydrogen-bond acceptors (Lipinski definition) is 6. The van der Waals surface area contributed by atoms with Gasteiger partial charge in [-0.3, -0.25) is 0 Å². The molecule has 0 amide bonds. The summed E-state index contributed by atoms with van der Waals surface area (Å²) in [5, 5.41) is 4.06. The van der Waals surface area contributed by atoms with Crippen molar-refractivity contribution in [2.24, 2.45) is 0 Å². The standard InChI is InChI=1S/C11H20N4OS/c1-5-12-10-9(16-4)11(14-8-13-10)17-7-6-15(2)3/h8H,5-7H2,1-4H3,(H,12,13,14). The number of hydrogen-bond donors (Lipinski definition) is 1. The second kappa shape index (κ2) is 7.34. The fourth-order valence-corrected chi connectivity index (χ4v) is 2.35. The maximum absolute atomic E-state index is 5.36. The molecule has 6 heteroatoms.